The molecule has 1 aliphatic rings. The number of hydrogen-bond acceptors (Lipinski definition) is 7. The number of piperazine rings is 1. The molecule has 0 spiro atoms. The molecule has 0 saturated carbocycles. The van der Waals surface area contributed by atoms with Crippen LogP contribution < -0.4 is 5.32 Å². The summed E-state index contributed by atoms with van der Waals surface area (Å²) in [5, 5.41) is 12.2. The highest BCUT2D eigenvalue weighted by atomic mass is 32.1. The van der Waals surface area contributed by atoms with Crippen LogP contribution in [0.2, 0.25) is 0 Å². The largest absolute Gasteiger partial charge is 0.360 e. The van der Waals surface area contributed by atoms with Crippen LogP contribution in [-0.2, 0) is 0 Å². The van der Waals surface area contributed by atoms with E-state index in [9.17, 15) is 4.79 Å². The summed E-state index contributed by atoms with van der Waals surface area (Å²) in [6.45, 7) is 8.28. The molecule has 7 nitrogen and oxygen atoms in total. The molecule has 0 bridgehead atoms. The predicted octanol–water partition coefficient (Wildman–Crippen LogP) is 0.289. The van der Waals surface area contributed by atoms with E-state index >= 15 is 0 Å². The summed E-state index contributed by atoms with van der Waals surface area (Å²) in [5.41, 5.74) is 0. The average molecular weight is 312 g/mol. The number of anilines is 1. The van der Waals surface area contributed by atoms with E-state index in [1.807, 2.05) is 11.8 Å². The van der Waals surface area contributed by atoms with Gasteiger partial charge in [0, 0.05) is 45.8 Å². The zero-order valence-electron chi connectivity index (χ0n) is 13.0. The topological polar surface area (TPSA) is 64.6 Å². The van der Waals surface area contributed by atoms with Gasteiger partial charge in [0.15, 0.2) is 0 Å². The minimum atomic E-state index is 0.00362. The van der Waals surface area contributed by atoms with Gasteiger partial charge in [0.1, 0.15) is 0 Å². The molecule has 0 aliphatic carbocycles. The van der Waals surface area contributed by atoms with Crippen LogP contribution in [0.5, 0.6) is 0 Å². The molecule has 8 heteroatoms. The number of carbonyl (C=O) groups is 1. The van der Waals surface area contributed by atoms with Crippen molar-refractivity contribution >= 4 is 22.4 Å². The van der Waals surface area contributed by atoms with Crippen LogP contribution in [0, 0.1) is 0 Å². The van der Waals surface area contributed by atoms with Crippen LogP contribution in [-0.4, -0.2) is 90.7 Å². The van der Waals surface area contributed by atoms with Gasteiger partial charge in [-0.15, -0.1) is 10.2 Å². The van der Waals surface area contributed by atoms with Gasteiger partial charge in [0.25, 0.3) is 5.91 Å². The lowest BCUT2D eigenvalue weighted by atomic mass is 10.3. The lowest BCUT2D eigenvalue weighted by Gasteiger charge is -2.34. The zero-order chi connectivity index (χ0) is 15.2. The summed E-state index contributed by atoms with van der Waals surface area (Å²) in [7, 11) is 4.16. The first-order valence-electron chi connectivity index (χ1n) is 7.34. The Morgan fingerprint density at radius 3 is 2.62 bits per heavy atom. The molecule has 1 N–H and O–H groups in total. The van der Waals surface area contributed by atoms with Crippen molar-refractivity contribution in [1.29, 1.82) is 0 Å². The third kappa shape index (κ3) is 4.62. The maximum Gasteiger partial charge on any atom is 0.284 e. The van der Waals surface area contributed by atoms with Gasteiger partial charge in [-0.25, -0.2) is 0 Å². The molecule has 0 aromatic carbocycles. The van der Waals surface area contributed by atoms with Crippen LogP contribution in [0.1, 0.15) is 16.7 Å². The molecule has 118 valence electrons. The fourth-order valence-electron chi connectivity index (χ4n) is 2.18. The van der Waals surface area contributed by atoms with Gasteiger partial charge >= 0.3 is 0 Å². The molecule has 1 aliphatic heterocycles. The van der Waals surface area contributed by atoms with E-state index in [-0.39, 0.29) is 5.91 Å². The number of aromatic nitrogens is 2. The quantitative estimate of drug-likeness (QED) is 0.814. The van der Waals surface area contributed by atoms with Gasteiger partial charge < -0.3 is 15.1 Å². The van der Waals surface area contributed by atoms with E-state index in [1.165, 1.54) is 11.3 Å². The molecule has 1 fully saturated rings. The highest BCUT2D eigenvalue weighted by Crippen LogP contribution is 2.17. The van der Waals surface area contributed by atoms with Crippen molar-refractivity contribution in [3.05, 3.63) is 5.01 Å². The van der Waals surface area contributed by atoms with E-state index in [0.29, 0.717) is 10.1 Å². The summed E-state index contributed by atoms with van der Waals surface area (Å²) in [4.78, 5) is 18.8. The van der Waals surface area contributed by atoms with Crippen LogP contribution in [0.3, 0.4) is 0 Å². The second kappa shape index (κ2) is 7.67. The van der Waals surface area contributed by atoms with Crippen LogP contribution in [0.4, 0.5) is 5.13 Å². The second-order valence-corrected chi connectivity index (χ2v) is 6.36. The zero-order valence-corrected chi connectivity index (χ0v) is 13.8. The van der Waals surface area contributed by atoms with Crippen LogP contribution in [0.25, 0.3) is 0 Å². The smallest absolute Gasteiger partial charge is 0.284 e. The van der Waals surface area contributed by atoms with Crippen molar-refractivity contribution in [2.24, 2.45) is 0 Å². The first kappa shape index (κ1) is 16.1. The van der Waals surface area contributed by atoms with E-state index in [2.05, 4.69) is 39.4 Å². The Bertz CT molecular complexity index is 455. The van der Waals surface area contributed by atoms with Gasteiger partial charge in [0.05, 0.1) is 0 Å². The monoisotopic (exact) mass is 312 g/mol. The number of likely N-dealkylation sites (N-methyl/N-ethyl adjacent to an activating group) is 1. The number of nitrogens with zero attached hydrogens (tertiary/aromatic N) is 5. The van der Waals surface area contributed by atoms with Crippen LogP contribution in [0.15, 0.2) is 0 Å². The molecule has 2 rings (SSSR count). The number of amides is 1. The summed E-state index contributed by atoms with van der Waals surface area (Å²) >= 11 is 1.33. The Balaban J connectivity index is 1.82. The van der Waals surface area contributed by atoms with Crippen molar-refractivity contribution in [3.63, 3.8) is 0 Å². The number of hydrogen-bond donors (Lipinski definition) is 1. The van der Waals surface area contributed by atoms with Crippen LogP contribution >= 0.6 is 11.3 Å². The third-order valence-corrected chi connectivity index (χ3v) is 4.33. The van der Waals surface area contributed by atoms with Gasteiger partial charge in [-0.1, -0.05) is 11.3 Å². The molecule has 1 aromatic rings. The van der Waals surface area contributed by atoms with E-state index in [1.54, 1.807) is 0 Å². The highest BCUT2D eigenvalue weighted by molar-refractivity contribution is 7.17. The molecule has 0 atom stereocenters. The summed E-state index contributed by atoms with van der Waals surface area (Å²) in [6, 6.07) is 0. The van der Waals surface area contributed by atoms with Crippen molar-refractivity contribution in [2.75, 3.05) is 65.2 Å². The third-order valence-electron chi connectivity index (χ3n) is 3.46. The lowest BCUT2D eigenvalue weighted by Crippen LogP contribution is -2.49. The molecule has 1 saturated heterocycles. The second-order valence-electron chi connectivity index (χ2n) is 5.38. The van der Waals surface area contributed by atoms with Crippen molar-refractivity contribution in [2.45, 2.75) is 6.92 Å². The first-order chi connectivity index (χ1) is 10.1. The Kier molecular flexibility index (Phi) is 5.89. The first-order valence-corrected chi connectivity index (χ1v) is 8.15. The Morgan fingerprint density at radius 2 is 2.00 bits per heavy atom. The fourth-order valence-corrected chi connectivity index (χ4v) is 2.96. The van der Waals surface area contributed by atoms with E-state index < -0.39 is 0 Å². The molecule has 0 radical (unpaired) electrons. The molecule has 0 unspecified atom stereocenters. The molecule has 21 heavy (non-hydrogen) atoms. The maximum absolute atomic E-state index is 12.4. The van der Waals surface area contributed by atoms with Gasteiger partial charge in [-0.3, -0.25) is 9.69 Å². The Hall–Kier alpha value is -1.25. The van der Waals surface area contributed by atoms with Crippen molar-refractivity contribution < 1.29 is 4.79 Å². The molecule has 2 heterocycles. The number of rotatable bonds is 6. The SMILES string of the molecule is CCNc1nnc(C(=O)N2CCN(CCN(C)C)CC2)s1. The highest BCUT2D eigenvalue weighted by Gasteiger charge is 2.24. The van der Waals surface area contributed by atoms with Gasteiger partial charge in [0.2, 0.25) is 10.1 Å². The predicted molar refractivity (Wildman–Crippen MR) is 85.0 cm³/mol. The molecular weight excluding hydrogens is 288 g/mol. The van der Waals surface area contributed by atoms with Gasteiger partial charge in [-0.05, 0) is 21.0 Å². The van der Waals surface area contributed by atoms with E-state index in [0.717, 1.165) is 45.8 Å². The fraction of sp³-hybridized carbons (Fsp3) is 0.769. The normalized spacial score (nSPS) is 16.5. The molecular formula is C13H24N6OS. The minimum Gasteiger partial charge on any atom is -0.360 e. The Labute approximate surface area is 129 Å². The summed E-state index contributed by atoms with van der Waals surface area (Å²) in [5.74, 6) is 0.00362. The number of nitrogens with one attached hydrogen (secondary N) is 1. The van der Waals surface area contributed by atoms with Crippen molar-refractivity contribution in [1.82, 2.24) is 24.9 Å². The lowest BCUT2D eigenvalue weighted by molar-refractivity contribution is 0.0628. The van der Waals surface area contributed by atoms with Crippen molar-refractivity contribution in [3.8, 4) is 0 Å². The Morgan fingerprint density at radius 1 is 1.29 bits per heavy atom. The molecule has 1 amide bonds. The summed E-state index contributed by atoms with van der Waals surface area (Å²) in [6.07, 6.45) is 0. The number of carbonyl (C=O) groups excluding carboxylic acids is 1. The molecule has 1 aromatic heterocycles. The van der Waals surface area contributed by atoms with E-state index in [4.69, 9.17) is 0 Å². The van der Waals surface area contributed by atoms with Gasteiger partial charge in [-0.2, -0.15) is 0 Å². The average Bonchev–Trinajstić information content (AvgIpc) is 2.94. The maximum atomic E-state index is 12.4. The standard InChI is InChI=1S/C13H24N6OS/c1-4-14-13-16-15-11(21-13)12(20)19-9-7-18(8-10-19)6-5-17(2)3/h4-10H2,1-3H3,(H,14,16). The minimum absolute atomic E-state index is 0.00362. The summed E-state index contributed by atoms with van der Waals surface area (Å²) < 4.78 is 0.